The van der Waals surface area contributed by atoms with E-state index in [2.05, 4.69) is 16.0 Å². The fourth-order valence-electron chi connectivity index (χ4n) is 3.40. The Hall–Kier alpha value is -4.66. The molecule has 0 aliphatic heterocycles. The van der Waals surface area contributed by atoms with Crippen molar-refractivity contribution in [3.63, 3.8) is 0 Å². The largest absolute Gasteiger partial charge is 0.480 e. The Balaban J connectivity index is 1.63. The van der Waals surface area contributed by atoms with Gasteiger partial charge in [0.15, 0.2) is 0 Å². The van der Waals surface area contributed by atoms with Gasteiger partial charge in [0.1, 0.15) is 17.8 Å². The molecule has 2 aromatic carbocycles. The van der Waals surface area contributed by atoms with Gasteiger partial charge in [-0.3, -0.25) is 14.4 Å². The number of carboxylic acids is 1. The molecule has 3 rings (SSSR count). The van der Waals surface area contributed by atoms with Crippen LogP contribution in [-0.2, 0) is 32.0 Å². The minimum atomic E-state index is -1.19. The lowest BCUT2D eigenvalue weighted by atomic mass is 10.0. The Labute approximate surface area is 208 Å². The van der Waals surface area contributed by atoms with Gasteiger partial charge in [0.25, 0.3) is 0 Å². The van der Waals surface area contributed by atoms with E-state index in [-0.39, 0.29) is 19.4 Å². The van der Waals surface area contributed by atoms with Crippen LogP contribution in [0, 0.1) is 0 Å². The molecule has 3 aromatic rings. The summed E-state index contributed by atoms with van der Waals surface area (Å²) in [6, 6.07) is 19.1. The minimum Gasteiger partial charge on any atom is -0.480 e. The van der Waals surface area contributed by atoms with Gasteiger partial charge < -0.3 is 25.5 Å². The molecule has 2 atom stereocenters. The third-order valence-corrected chi connectivity index (χ3v) is 5.20. The Bertz CT molecular complexity index is 1180. The summed E-state index contributed by atoms with van der Waals surface area (Å²) in [6.07, 6.45) is 4.38. The van der Waals surface area contributed by atoms with E-state index in [1.165, 1.54) is 18.4 Å². The molecule has 0 spiro atoms. The van der Waals surface area contributed by atoms with E-state index in [9.17, 15) is 24.3 Å². The van der Waals surface area contributed by atoms with Gasteiger partial charge in [-0.25, -0.2) is 4.79 Å². The lowest BCUT2D eigenvalue weighted by Crippen LogP contribution is -2.54. The number of carbonyl (C=O) groups is 4. The standard InChI is InChI=1S/C27H27N3O6/c31-24(14-13-21-12-7-15-36-21)28-18-25(32)29-22(16-19-8-3-1-4-9-19)26(33)30-23(27(34)35)17-20-10-5-2-6-11-20/h1-15,22-23H,16-18H2,(H,28,31)(H,29,32)(H,30,33)(H,34,35)/t22-,23-/m0/s1. The van der Waals surface area contributed by atoms with Gasteiger partial charge in [-0.2, -0.15) is 0 Å². The van der Waals surface area contributed by atoms with Crippen LogP contribution in [0.3, 0.4) is 0 Å². The van der Waals surface area contributed by atoms with Gasteiger partial charge in [0, 0.05) is 18.9 Å². The molecule has 186 valence electrons. The first-order valence-corrected chi connectivity index (χ1v) is 11.3. The molecule has 9 heteroatoms. The van der Waals surface area contributed by atoms with E-state index in [0.717, 1.165) is 11.1 Å². The van der Waals surface area contributed by atoms with Crippen molar-refractivity contribution in [2.24, 2.45) is 0 Å². The molecule has 4 N–H and O–H groups in total. The number of hydrogen-bond acceptors (Lipinski definition) is 5. The molecule has 0 saturated heterocycles. The van der Waals surface area contributed by atoms with Crippen LogP contribution in [0.5, 0.6) is 0 Å². The number of nitrogens with one attached hydrogen (secondary N) is 3. The highest BCUT2D eigenvalue weighted by Crippen LogP contribution is 2.07. The summed E-state index contributed by atoms with van der Waals surface area (Å²) in [7, 11) is 0. The van der Waals surface area contributed by atoms with E-state index < -0.39 is 35.8 Å². The second-order valence-electron chi connectivity index (χ2n) is 7.97. The second kappa shape index (κ2) is 13.3. The number of furan rings is 1. The summed E-state index contributed by atoms with van der Waals surface area (Å²) in [4.78, 5) is 49.4. The third kappa shape index (κ3) is 8.60. The molecule has 3 amide bonds. The molecule has 0 bridgehead atoms. The predicted octanol–water partition coefficient (Wildman–Crippen LogP) is 1.95. The first-order valence-electron chi connectivity index (χ1n) is 11.3. The summed E-state index contributed by atoms with van der Waals surface area (Å²) < 4.78 is 5.10. The Kier molecular flexibility index (Phi) is 9.58. The van der Waals surface area contributed by atoms with Crippen molar-refractivity contribution in [3.05, 3.63) is 102 Å². The molecule has 0 saturated carbocycles. The van der Waals surface area contributed by atoms with Crippen molar-refractivity contribution >= 4 is 29.8 Å². The zero-order chi connectivity index (χ0) is 25.8. The molecule has 0 aliphatic rings. The van der Waals surface area contributed by atoms with Gasteiger partial charge in [0.05, 0.1) is 12.8 Å². The number of aliphatic carboxylic acids is 1. The maximum atomic E-state index is 13.1. The van der Waals surface area contributed by atoms with Crippen LogP contribution in [0.4, 0.5) is 0 Å². The first kappa shape index (κ1) is 26.0. The molecular formula is C27H27N3O6. The lowest BCUT2D eigenvalue weighted by molar-refractivity contribution is -0.142. The number of benzene rings is 2. The highest BCUT2D eigenvalue weighted by molar-refractivity contribution is 5.95. The van der Waals surface area contributed by atoms with E-state index in [4.69, 9.17) is 4.42 Å². The molecule has 0 fully saturated rings. The number of rotatable bonds is 12. The van der Waals surface area contributed by atoms with Crippen LogP contribution in [-0.4, -0.2) is 47.4 Å². The van der Waals surface area contributed by atoms with Crippen LogP contribution in [0.15, 0.2) is 89.6 Å². The molecule has 9 nitrogen and oxygen atoms in total. The van der Waals surface area contributed by atoms with E-state index in [1.54, 1.807) is 60.7 Å². The quantitative estimate of drug-likeness (QED) is 0.287. The summed E-state index contributed by atoms with van der Waals surface area (Å²) >= 11 is 0. The zero-order valence-corrected chi connectivity index (χ0v) is 19.4. The fourth-order valence-corrected chi connectivity index (χ4v) is 3.40. The van der Waals surface area contributed by atoms with Crippen molar-refractivity contribution in [2.45, 2.75) is 24.9 Å². The molecular weight excluding hydrogens is 462 g/mol. The number of amides is 3. The molecule has 1 aromatic heterocycles. The molecule has 36 heavy (non-hydrogen) atoms. The number of carbonyl (C=O) groups excluding carboxylic acids is 3. The van der Waals surface area contributed by atoms with Crippen LogP contribution in [0.1, 0.15) is 16.9 Å². The van der Waals surface area contributed by atoms with Crippen LogP contribution in [0.2, 0.25) is 0 Å². The van der Waals surface area contributed by atoms with E-state index >= 15 is 0 Å². The van der Waals surface area contributed by atoms with Crippen molar-refractivity contribution in [2.75, 3.05) is 6.54 Å². The van der Waals surface area contributed by atoms with Crippen LogP contribution in [0.25, 0.3) is 6.08 Å². The molecule has 1 heterocycles. The summed E-state index contributed by atoms with van der Waals surface area (Å²) in [5.74, 6) is -2.45. The van der Waals surface area contributed by atoms with E-state index in [1.807, 2.05) is 12.1 Å². The summed E-state index contributed by atoms with van der Waals surface area (Å²) in [5.41, 5.74) is 1.53. The summed E-state index contributed by atoms with van der Waals surface area (Å²) in [5, 5.41) is 17.2. The third-order valence-electron chi connectivity index (χ3n) is 5.20. The van der Waals surface area contributed by atoms with Gasteiger partial charge in [-0.05, 0) is 29.3 Å². The maximum absolute atomic E-state index is 13.1. The lowest BCUT2D eigenvalue weighted by Gasteiger charge is -2.22. The fraction of sp³-hybridized carbons (Fsp3) is 0.185. The Morgan fingerprint density at radius 3 is 1.97 bits per heavy atom. The average Bonchev–Trinajstić information content (AvgIpc) is 3.40. The number of carboxylic acid groups (broad SMARTS) is 1. The van der Waals surface area contributed by atoms with E-state index in [0.29, 0.717) is 5.76 Å². The highest BCUT2D eigenvalue weighted by Gasteiger charge is 2.27. The van der Waals surface area contributed by atoms with Crippen molar-refractivity contribution in [1.29, 1.82) is 0 Å². The normalized spacial score (nSPS) is 12.4. The van der Waals surface area contributed by atoms with Crippen molar-refractivity contribution in [1.82, 2.24) is 16.0 Å². The van der Waals surface area contributed by atoms with Gasteiger partial charge in [-0.1, -0.05) is 60.7 Å². The van der Waals surface area contributed by atoms with Crippen molar-refractivity contribution < 1.29 is 28.7 Å². The number of hydrogen-bond donors (Lipinski definition) is 4. The zero-order valence-electron chi connectivity index (χ0n) is 19.4. The Morgan fingerprint density at radius 2 is 1.42 bits per heavy atom. The monoisotopic (exact) mass is 489 g/mol. The highest BCUT2D eigenvalue weighted by atomic mass is 16.4. The van der Waals surface area contributed by atoms with Gasteiger partial charge in [-0.15, -0.1) is 0 Å². The Morgan fingerprint density at radius 1 is 0.806 bits per heavy atom. The molecule has 0 radical (unpaired) electrons. The predicted molar refractivity (Wildman–Crippen MR) is 133 cm³/mol. The molecule has 0 aliphatic carbocycles. The molecule has 0 unspecified atom stereocenters. The van der Waals surface area contributed by atoms with Gasteiger partial charge >= 0.3 is 5.97 Å². The minimum absolute atomic E-state index is 0.0893. The first-order chi connectivity index (χ1) is 17.4. The van der Waals surface area contributed by atoms with Crippen LogP contribution < -0.4 is 16.0 Å². The van der Waals surface area contributed by atoms with Crippen LogP contribution >= 0.6 is 0 Å². The van der Waals surface area contributed by atoms with Gasteiger partial charge in [0.2, 0.25) is 17.7 Å². The second-order valence-corrected chi connectivity index (χ2v) is 7.97. The average molecular weight is 490 g/mol. The SMILES string of the molecule is O=C(C=Cc1ccco1)NCC(=O)N[C@@H](Cc1ccccc1)C(=O)N[C@@H](Cc1ccccc1)C(=O)O. The topological polar surface area (TPSA) is 138 Å². The summed E-state index contributed by atoms with van der Waals surface area (Å²) in [6.45, 7) is -0.369. The maximum Gasteiger partial charge on any atom is 0.326 e. The van der Waals surface area contributed by atoms with Crippen molar-refractivity contribution in [3.8, 4) is 0 Å². The smallest absolute Gasteiger partial charge is 0.326 e.